The summed E-state index contributed by atoms with van der Waals surface area (Å²) >= 11 is 0. The van der Waals surface area contributed by atoms with Crippen LogP contribution in [0.2, 0.25) is 0 Å². The summed E-state index contributed by atoms with van der Waals surface area (Å²) in [6, 6.07) is 11.6. The molecule has 5 heteroatoms. The zero-order valence-electron chi connectivity index (χ0n) is 14.7. The molecule has 3 rings (SSSR count). The highest BCUT2D eigenvalue weighted by molar-refractivity contribution is 5.62. The van der Waals surface area contributed by atoms with E-state index < -0.39 is 6.10 Å². The second-order valence-electron chi connectivity index (χ2n) is 6.78. The molecule has 0 heterocycles. The van der Waals surface area contributed by atoms with Crippen LogP contribution in [0.5, 0.6) is 11.5 Å². The van der Waals surface area contributed by atoms with E-state index in [1.54, 1.807) is 19.2 Å². The van der Waals surface area contributed by atoms with Crippen molar-refractivity contribution in [3.05, 3.63) is 53.1 Å². The van der Waals surface area contributed by atoms with Gasteiger partial charge in [0.05, 0.1) is 18.9 Å². The highest BCUT2D eigenvalue weighted by Gasteiger charge is 2.30. The molecule has 1 unspecified atom stereocenters. The summed E-state index contributed by atoms with van der Waals surface area (Å²) < 4.78 is 5.18. The van der Waals surface area contributed by atoms with Crippen LogP contribution in [0, 0.1) is 0 Å². The molecule has 0 aromatic heterocycles. The Morgan fingerprint density at radius 3 is 2.64 bits per heavy atom. The summed E-state index contributed by atoms with van der Waals surface area (Å²) in [5.41, 5.74) is 9.24. The van der Waals surface area contributed by atoms with Crippen LogP contribution >= 0.6 is 0 Å². The number of methoxy groups -OCH3 is 1. The van der Waals surface area contributed by atoms with Crippen molar-refractivity contribution in [3.8, 4) is 11.5 Å². The third kappa shape index (κ3) is 3.72. The van der Waals surface area contributed by atoms with Crippen LogP contribution in [0.4, 0.5) is 5.69 Å². The van der Waals surface area contributed by atoms with Crippen molar-refractivity contribution in [1.29, 1.82) is 0 Å². The molecule has 0 radical (unpaired) electrons. The molecule has 1 aliphatic rings. The fraction of sp³-hybridized carbons (Fsp3) is 0.400. The zero-order chi connectivity index (χ0) is 18.0. The van der Waals surface area contributed by atoms with Gasteiger partial charge in [-0.25, -0.2) is 0 Å². The fourth-order valence-electron chi connectivity index (χ4n) is 3.61. The monoisotopic (exact) mass is 342 g/mol. The van der Waals surface area contributed by atoms with Gasteiger partial charge < -0.3 is 26.0 Å². The lowest BCUT2D eigenvalue weighted by Crippen LogP contribution is -2.44. The molecule has 0 saturated heterocycles. The molecule has 0 saturated carbocycles. The number of nitrogen functional groups attached to an aromatic ring is 1. The number of benzene rings is 2. The molecule has 0 aliphatic heterocycles. The van der Waals surface area contributed by atoms with E-state index in [-0.39, 0.29) is 17.8 Å². The molecular weight excluding hydrogens is 316 g/mol. The van der Waals surface area contributed by atoms with Crippen molar-refractivity contribution in [1.82, 2.24) is 5.32 Å². The maximum atomic E-state index is 10.7. The molecule has 1 aliphatic carbocycles. The Hall–Kier alpha value is -2.24. The summed E-state index contributed by atoms with van der Waals surface area (Å²) in [5.74, 6) is 0.940. The van der Waals surface area contributed by atoms with E-state index in [4.69, 9.17) is 10.5 Å². The van der Waals surface area contributed by atoms with E-state index in [2.05, 4.69) is 24.4 Å². The molecule has 0 spiro atoms. The van der Waals surface area contributed by atoms with Gasteiger partial charge in [-0.15, -0.1) is 0 Å². The molecule has 0 bridgehead atoms. The molecule has 134 valence electrons. The van der Waals surface area contributed by atoms with E-state index in [1.165, 1.54) is 5.56 Å². The molecule has 2 aromatic carbocycles. The summed E-state index contributed by atoms with van der Waals surface area (Å²) in [4.78, 5) is 0. The average Bonchev–Trinajstić information content (AvgIpc) is 2.61. The Kier molecular flexibility index (Phi) is 5.16. The number of aliphatic hydroxyl groups is 1. The van der Waals surface area contributed by atoms with Gasteiger partial charge in [-0.05, 0) is 61.1 Å². The van der Waals surface area contributed by atoms with Gasteiger partial charge >= 0.3 is 0 Å². The minimum absolute atomic E-state index is 0.0234. The number of aliphatic hydroxyl groups excluding tert-OH is 1. The summed E-state index contributed by atoms with van der Waals surface area (Å²) in [6.45, 7) is 2.12. The molecule has 5 N–H and O–H groups in total. The fourth-order valence-corrected chi connectivity index (χ4v) is 3.61. The normalized spacial score (nSPS) is 20.8. The Bertz CT molecular complexity index is 730. The van der Waals surface area contributed by atoms with Crippen LogP contribution in [0.25, 0.3) is 0 Å². The van der Waals surface area contributed by atoms with Gasteiger partial charge in [-0.3, -0.25) is 0 Å². The van der Waals surface area contributed by atoms with Crippen molar-refractivity contribution >= 4 is 5.69 Å². The van der Waals surface area contributed by atoms with E-state index >= 15 is 0 Å². The molecule has 0 amide bonds. The maximum absolute atomic E-state index is 10.7. The van der Waals surface area contributed by atoms with Gasteiger partial charge in [-0.1, -0.05) is 18.2 Å². The number of hydrogen-bond acceptors (Lipinski definition) is 5. The SMILES string of the molecule is COc1ccc(CC(C)N[C@H]2CCc3c(ccc(O)c3N)[C@@H]2O)cc1. The summed E-state index contributed by atoms with van der Waals surface area (Å²) in [6.07, 6.45) is 1.79. The van der Waals surface area contributed by atoms with Crippen molar-refractivity contribution in [2.45, 2.75) is 44.4 Å². The van der Waals surface area contributed by atoms with E-state index in [9.17, 15) is 10.2 Å². The van der Waals surface area contributed by atoms with Crippen molar-refractivity contribution < 1.29 is 14.9 Å². The van der Waals surface area contributed by atoms with Gasteiger partial charge in [0.1, 0.15) is 11.5 Å². The number of hydrogen-bond donors (Lipinski definition) is 4. The minimum Gasteiger partial charge on any atom is -0.506 e. The lowest BCUT2D eigenvalue weighted by atomic mass is 9.84. The van der Waals surface area contributed by atoms with Crippen LogP contribution in [0.1, 0.15) is 36.1 Å². The second kappa shape index (κ2) is 7.33. The highest BCUT2D eigenvalue weighted by atomic mass is 16.5. The first kappa shape index (κ1) is 17.6. The van der Waals surface area contributed by atoms with Crippen LogP contribution in [0.15, 0.2) is 36.4 Å². The number of phenolic OH excluding ortho intramolecular Hbond substituents is 1. The van der Waals surface area contributed by atoms with Crippen LogP contribution in [-0.4, -0.2) is 29.4 Å². The van der Waals surface area contributed by atoms with Gasteiger partial charge in [0.2, 0.25) is 0 Å². The number of nitrogens with one attached hydrogen (secondary N) is 1. The molecular formula is C20H26N2O3. The third-order valence-electron chi connectivity index (χ3n) is 4.97. The average molecular weight is 342 g/mol. The number of nitrogens with two attached hydrogens (primary N) is 1. The predicted octanol–water partition coefficient (Wildman–Crippen LogP) is 2.55. The highest BCUT2D eigenvalue weighted by Crippen LogP contribution is 2.37. The molecule has 25 heavy (non-hydrogen) atoms. The number of rotatable bonds is 5. The second-order valence-corrected chi connectivity index (χ2v) is 6.78. The summed E-state index contributed by atoms with van der Waals surface area (Å²) in [7, 11) is 1.66. The number of fused-ring (bicyclic) bond motifs is 1. The van der Waals surface area contributed by atoms with Crippen molar-refractivity contribution in [2.24, 2.45) is 0 Å². The quantitative estimate of drug-likeness (QED) is 0.495. The Balaban J connectivity index is 1.65. The summed E-state index contributed by atoms with van der Waals surface area (Å²) in [5, 5.41) is 24.0. The standard InChI is InChI=1S/C20H26N2O3/c1-12(11-13-3-5-14(25-2)6-4-13)22-17-9-7-15-16(20(17)24)8-10-18(23)19(15)21/h3-6,8,10,12,17,20,22-24H,7,9,11,21H2,1-2H3/t12?,17-,20-/m0/s1. The first-order chi connectivity index (χ1) is 12.0. The largest absolute Gasteiger partial charge is 0.506 e. The van der Waals surface area contributed by atoms with Crippen LogP contribution in [0.3, 0.4) is 0 Å². The topological polar surface area (TPSA) is 87.7 Å². The van der Waals surface area contributed by atoms with Crippen molar-refractivity contribution in [3.63, 3.8) is 0 Å². The van der Waals surface area contributed by atoms with E-state index in [0.29, 0.717) is 5.69 Å². The van der Waals surface area contributed by atoms with Crippen LogP contribution < -0.4 is 15.8 Å². The first-order valence-electron chi connectivity index (χ1n) is 8.67. The number of phenols is 1. The minimum atomic E-state index is -0.620. The van der Waals surface area contributed by atoms with Gasteiger partial charge in [0.25, 0.3) is 0 Å². The Labute approximate surface area is 148 Å². The van der Waals surface area contributed by atoms with Gasteiger partial charge in [0, 0.05) is 12.1 Å². The first-order valence-corrected chi connectivity index (χ1v) is 8.67. The maximum Gasteiger partial charge on any atom is 0.138 e. The predicted molar refractivity (Wildman–Crippen MR) is 98.9 cm³/mol. The van der Waals surface area contributed by atoms with Gasteiger partial charge in [0.15, 0.2) is 0 Å². The number of anilines is 1. The van der Waals surface area contributed by atoms with E-state index in [0.717, 1.165) is 36.1 Å². The Morgan fingerprint density at radius 2 is 1.96 bits per heavy atom. The van der Waals surface area contributed by atoms with E-state index in [1.807, 2.05) is 12.1 Å². The zero-order valence-corrected chi connectivity index (χ0v) is 14.7. The number of aromatic hydroxyl groups is 1. The smallest absolute Gasteiger partial charge is 0.138 e. The van der Waals surface area contributed by atoms with Gasteiger partial charge in [-0.2, -0.15) is 0 Å². The molecule has 2 aromatic rings. The number of ether oxygens (including phenoxy) is 1. The third-order valence-corrected chi connectivity index (χ3v) is 4.97. The molecule has 0 fully saturated rings. The lowest BCUT2D eigenvalue weighted by Gasteiger charge is -2.33. The molecule has 3 atom stereocenters. The lowest BCUT2D eigenvalue weighted by molar-refractivity contribution is 0.109. The molecule has 5 nitrogen and oxygen atoms in total. The Morgan fingerprint density at radius 1 is 1.24 bits per heavy atom. The van der Waals surface area contributed by atoms with Crippen molar-refractivity contribution in [2.75, 3.05) is 12.8 Å². The van der Waals surface area contributed by atoms with Crippen LogP contribution in [-0.2, 0) is 12.8 Å².